The highest BCUT2D eigenvalue weighted by molar-refractivity contribution is 7.92. The summed E-state index contributed by atoms with van der Waals surface area (Å²) in [5.41, 5.74) is 10.5. The van der Waals surface area contributed by atoms with Gasteiger partial charge in [0.2, 0.25) is 5.96 Å². The molecule has 4 N–H and O–H groups in total. The lowest BCUT2D eigenvalue weighted by Crippen LogP contribution is -2.22. The second kappa shape index (κ2) is 3.10. The first-order chi connectivity index (χ1) is 5.49. The lowest BCUT2D eigenvalue weighted by molar-refractivity contribution is 0.603. The van der Waals surface area contributed by atoms with E-state index < -0.39 is 9.84 Å². The Kier molecular flexibility index (Phi) is 2.32. The fraction of sp³-hybridized carbons (Fsp3) is 0.600. The van der Waals surface area contributed by atoms with Gasteiger partial charge in [0, 0.05) is 6.42 Å². The molecule has 1 fully saturated rings. The van der Waals surface area contributed by atoms with E-state index in [4.69, 9.17) is 11.5 Å². The monoisotopic (exact) mass is 190 g/mol. The molecule has 0 spiro atoms. The van der Waals surface area contributed by atoms with E-state index in [1.165, 1.54) is 0 Å². The molecule has 1 aliphatic heterocycles. The molecule has 7 heteroatoms. The Bertz CT molecular complexity index is 325. The first-order valence-corrected chi connectivity index (χ1v) is 5.16. The largest absolute Gasteiger partial charge is 0.369 e. The molecule has 0 unspecified atom stereocenters. The third kappa shape index (κ3) is 2.50. The molecule has 0 radical (unpaired) electrons. The predicted octanol–water partition coefficient (Wildman–Crippen LogP) is -1.57. The van der Waals surface area contributed by atoms with Crippen molar-refractivity contribution in [3.63, 3.8) is 0 Å². The molecular formula is C5H10N4O2S. The van der Waals surface area contributed by atoms with Crippen LogP contribution in [0.25, 0.3) is 0 Å². The summed E-state index contributed by atoms with van der Waals surface area (Å²) in [6.07, 6.45) is 0.430. The minimum absolute atomic E-state index is 0.0240. The summed E-state index contributed by atoms with van der Waals surface area (Å²) < 4.78 is 21.8. The molecule has 1 heterocycles. The van der Waals surface area contributed by atoms with Crippen molar-refractivity contribution in [2.75, 3.05) is 11.5 Å². The smallest absolute Gasteiger partial charge is 0.211 e. The lowest BCUT2D eigenvalue weighted by Gasteiger charge is -1.88. The molecule has 0 saturated carbocycles. The van der Waals surface area contributed by atoms with E-state index in [2.05, 4.69) is 10.2 Å². The average Bonchev–Trinajstić information content (AvgIpc) is 2.26. The number of hydrogen-bond acceptors (Lipinski definition) is 4. The minimum atomic E-state index is -2.93. The topological polar surface area (TPSA) is 111 Å². The Labute approximate surface area is 70.3 Å². The van der Waals surface area contributed by atoms with Crippen LogP contribution in [0.3, 0.4) is 0 Å². The molecule has 1 saturated heterocycles. The zero-order valence-corrected chi connectivity index (χ0v) is 7.21. The fourth-order valence-electron chi connectivity index (χ4n) is 0.879. The zero-order chi connectivity index (χ0) is 9.19. The minimum Gasteiger partial charge on any atom is -0.369 e. The van der Waals surface area contributed by atoms with E-state index in [0.29, 0.717) is 12.1 Å². The van der Waals surface area contributed by atoms with Gasteiger partial charge in [-0.15, -0.1) is 5.10 Å². The summed E-state index contributed by atoms with van der Waals surface area (Å²) in [7, 11) is -2.93. The summed E-state index contributed by atoms with van der Waals surface area (Å²) in [5.74, 6) is -0.0397. The molecule has 0 aliphatic carbocycles. The van der Waals surface area contributed by atoms with Crippen LogP contribution < -0.4 is 11.5 Å². The maximum atomic E-state index is 10.9. The average molecular weight is 190 g/mol. The molecule has 0 aromatic heterocycles. The summed E-state index contributed by atoms with van der Waals surface area (Å²) in [5, 5.41) is 6.96. The van der Waals surface area contributed by atoms with E-state index >= 15 is 0 Å². The van der Waals surface area contributed by atoms with E-state index in [1.54, 1.807) is 0 Å². The van der Waals surface area contributed by atoms with Crippen molar-refractivity contribution >= 4 is 21.5 Å². The van der Waals surface area contributed by atoms with E-state index in [9.17, 15) is 8.42 Å². The van der Waals surface area contributed by atoms with Crippen molar-refractivity contribution in [2.45, 2.75) is 6.42 Å². The zero-order valence-electron chi connectivity index (χ0n) is 6.40. The lowest BCUT2D eigenvalue weighted by atomic mass is 10.3. The van der Waals surface area contributed by atoms with Crippen LogP contribution in [0.2, 0.25) is 0 Å². The fourth-order valence-corrected chi connectivity index (χ4v) is 2.28. The molecule has 0 amide bonds. The third-order valence-corrected chi connectivity index (χ3v) is 2.99. The van der Waals surface area contributed by atoms with Gasteiger partial charge >= 0.3 is 0 Å². The summed E-state index contributed by atoms with van der Waals surface area (Å²) in [4.78, 5) is 0. The highest BCUT2D eigenvalue weighted by atomic mass is 32.2. The normalized spacial score (nSPS) is 24.2. The molecule has 68 valence electrons. The van der Waals surface area contributed by atoms with Gasteiger partial charge in [-0.25, -0.2) is 8.42 Å². The van der Waals surface area contributed by atoms with Gasteiger partial charge in [-0.1, -0.05) is 0 Å². The molecule has 12 heavy (non-hydrogen) atoms. The van der Waals surface area contributed by atoms with Gasteiger partial charge in [0.05, 0.1) is 17.2 Å². The van der Waals surface area contributed by atoms with Gasteiger partial charge in [-0.3, -0.25) is 0 Å². The number of sulfone groups is 1. The van der Waals surface area contributed by atoms with Gasteiger partial charge in [0.1, 0.15) is 0 Å². The Morgan fingerprint density at radius 3 is 2.50 bits per heavy atom. The quantitative estimate of drug-likeness (QED) is 0.295. The van der Waals surface area contributed by atoms with Gasteiger partial charge in [-0.2, -0.15) is 5.10 Å². The number of nitrogens with two attached hydrogens (primary N) is 2. The number of nitrogens with zero attached hydrogens (tertiary/aromatic N) is 2. The molecule has 0 atom stereocenters. The van der Waals surface area contributed by atoms with Crippen LogP contribution in [-0.2, 0) is 9.84 Å². The SMILES string of the molecule is NC(N)=NN=C1CCS(=O)(=O)C1. The van der Waals surface area contributed by atoms with Crippen molar-refractivity contribution in [3.8, 4) is 0 Å². The first kappa shape index (κ1) is 8.98. The van der Waals surface area contributed by atoms with Crippen LogP contribution in [0.15, 0.2) is 10.2 Å². The van der Waals surface area contributed by atoms with Gasteiger partial charge < -0.3 is 11.5 Å². The Morgan fingerprint density at radius 1 is 1.42 bits per heavy atom. The standard InChI is InChI=1S/C5H10N4O2S/c6-5(7)9-8-4-1-2-12(10,11)3-4/h1-3H2,(H4,6,7,9). The second-order valence-electron chi connectivity index (χ2n) is 2.53. The van der Waals surface area contributed by atoms with Crippen LogP contribution in [0.4, 0.5) is 0 Å². The Hall–Kier alpha value is -1.11. The maximum Gasteiger partial charge on any atom is 0.211 e. The third-order valence-electron chi connectivity index (χ3n) is 1.40. The van der Waals surface area contributed by atoms with Crippen molar-refractivity contribution in [2.24, 2.45) is 21.7 Å². The van der Waals surface area contributed by atoms with Crippen molar-refractivity contribution in [3.05, 3.63) is 0 Å². The van der Waals surface area contributed by atoms with Crippen molar-refractivity contribution in [1.82, 2.24) is 0 Å². The number of hydrogen-bond donors (Lipinski definition) is 2. The molecule has 0 aromatic carbocycles. The van der Waals surface area contributed by atoms with Crippen LogP contribution in [0.5, 0.6) is 0 Å². The van der Waals surface area contributed by atoms with Crippen molar-refractivity contribution in [1.29, 1.82) is 0 Å². The number of guanidine groups is 1. The van der Waals surface area contributed by atoms with Gasteiger partial charge in [0.15, 0.2) is 9.84 Å². The predicted molar refractivity (Wildman–Crippen MR) is 46.5 cm³/mol. The molecule has 0 aromatic rings. The van der Waals surface area contributed by atoms with E-state index in [1.807, 2.05) is 0 Å². The Balaban J connectivity index is 2.71. The molecule has 6 nitrogen and oxygen atoms in total. The second-order valence-corrected chi connectivity index (χ2v) is 4.72. The highest BCUT2D eigenvalue weighted by Crippen LogP contribution is 2.07. The van der Waals surface area contributed by atoms with Crippen LogP contribution in [-0.4, -0.2) is 31.6 Å². The number of rotatable bonds is 1. The van der Waals surface area contributed by atoms with Crippen LogP contribution >= 0.6 is 0 Å². The molecule has 0 bridgehead atoms. The summed E-state index contributed by atoms with van der Waals surface area (Å²) in [6.45, 7) is 0. The first-order valence-electron chi connectivity index (χ1n) is 3.34. The molecule has 1 aliphatic rings. The summed E-state index contributed by atoms with van der Waals surface area (Å²) >= 11 is 0. The van der Waals surface area contributed by atoms with Gasteiger partial charge in [0.25, 0.3) is 0 Å². The van der Waals surface area contributed by atoms with Crippen molar-refractivity contribution < 1.29 is 8.42 Å². The van der Waals surface area contributed by atoms with E-state index in [-0.39, 0.29) is 17.5 Å². The summed E-state index contributed by atoms with van der Waals surface area (Å²) in [6, 6.07) is 0. The highest BCUT2D eigenvalue weighted by Gasteiger charge is 2.23. The Morgan fingerprint density at radius 2 is 2.08 bits per heavy atom. The van der Waals surface area contributed by atoms with Gasteiger partial charge in [-0.05, 0) is 0 Å². The molecular weight excluding hydrogens is 180 g/mol. The maximum absolute atomic E-state index is 10.9. The van der Waals surface area contributed by atoms with Crippen LogP contribution in [0.1, 0.15) is 6.42 Å². The molecule has 1 rings (SSSR count). The van der Waals surface area contributed by atoms with E-state index in [0.717, 1.165) is 0 Å². The van der Waals surface area contributed by atoms with Crippen LogP contribution in [0, 0.1) is 0 Å².